The van der Waals surface area contributed by atoms with Crippen molar-refractivity contribution < 1.29 is 19.4 Å². The molecule has 0 radical (unpaired) electrons. The lowest BCUT2D eigenvalue weighted by atomic mass is 10.0. The predicted molar refractivity (Wildman–Crippen MR) is 104 cm³/mol. The molecule has 0 saturated carbocycles. The van der Waals surface area contributed by atoms with E-state index in [-0.39, 0.29) is 0 Å². The Morgan fingerprint density at radius 3 is 2.33 bits per heavy atom. The molecule has 0 heterocycles. The molecular formula is C22H21NO4. The first-order valence-corrected chi connectivity index (χ1v) is 8.63. The van der Waals surface area contributed by atoms with Crippen molar-refractivity contribution in [3.8, 4) is 5.75 Å². The molecule has 3 aromatic carbocycles. The Balaban J connectivity index is 1.99. The Morgan fingerprint density at radius 1 is 0.963 bits per heavy atom. The fourth-order valence-corrected chi connectivity index (χ4v) is 2.71. The van der Waals surface area contributed by atoms with E-state index in [4.69, 9.17) is 4.74 Å². The number of carboxylic acids is 1. The summed E-state index contributed by atoms with van der Waals surface area (Å²) in [4.78, 5) is 24.1. The van der Waals surface area contributed by atoms with E-state index in [2.05, 4.69) is 5.32 Å². The molecule has 0 saturated heterocycles. The molecule has 5 heteroatoms. The number of ether oxygens (including phenoxy) is 1. The number of benzene rings is 3. The van der Waals surface area contributed by atoms with Gasteiger partial charge in [-0.05, 0) is 30.9 Å². The van der Waals surface area contributed by atoms with Gasteiger partial charge in [0, 0.05) is 5.39 Å². The van der Waals surface area contributed by atoms with Crippen molar-refractivity contribution in [2.45, 2.75) is 26.0 Å². The summed E-state index contributed by atoms with van der Waals surface area (Å²) in [6, 6.07) is 20.8. The second kappa shape index (κ2) is 7.50. The maximum absolute atomic E-state index is 12.8. The first-order chi connectivity index (χ1) is 12.9. The van der Waals surface area contributed by atoms with Crippen LogP contribution in [0.3, 0.4) is 0 Å². The number of nitrogens with one attached hydrogen (secondary N) is 1. The molecule has 0 unspecified atom stereocenters. The number of carboxylic acid groups (broad SMARTS) is 1. The Labute approximate surface area is 157 Å². The van der Waals surface area contributed by atoms with Crippen molar-refractivity contribution in [3.63, 3.8) is 0 Å². The third kappa shape index (κ3) is 4.08. The van der Waals surface area contributed by atoms with Gasteiger partial charge in [-0.1, -0.05) is 60.7 Å². The van der Waals surface area contributed by atoms with E-state index >= 15 is 0 Å². The number of rotatable bonds is 6. The normalized spacial score (nSPS) is 11.2. The number of amides is 1. The van der Waals surface area contributed by atoms with E-state index in [9.17, 15) is 14.7 Å². The van der Waals surface area contributed by atoms with Gasteiger partial charge in [-0.15, -0.1) is 0 Å². The number of fused-ring (bicyclic) bond motifs is 1. The molecule has 0 fully saturated rings. The van der Waals surface area contributed by atoms with Gasteiger partial charge in [0.1, 0.15) is 17.9 Å². The van der Waals surface area contributed by atoms with Crippen LogP contribution in [-0.2, 0) is 11.4 Å². The van der Waals surface area contributed by atoms with E-state index < -0.39 is 17.4 Å². The van der Waals surface area contributed by atoms with Crippen molar-refractivity contribution in [2.24, 2.45) is 0 Å². The molecule has 138 valence electrons. The van der Waals surface area contributed by atoms with Gasteiger partial charge in [-0.2, -0.15) is 0 Å². The van der Waals surface area contributed by atoms with Gasteiger partial charge < -0.3 is 15.2 Å². The number of aliphatic carboxylic acids is 1. The fourth-order valence-electron chi connectivity index (χ4n) is 2.71. The zero-order chi connectivity index (χ0) is 19.4. The van der Waals surface area contributed by atoms with Crippen LogP contribution < -0.4 is 10.1 Å². The lowest BCUT2D eigenvalue weighted by Crippen LogP contribution is -2.49. The second-order valence-electron chi connectivity index (χ2n) is 6.82. The zero-order valence-electron chi connectivity index (χ0n) is 15.2. The molecule has 2 N–H and O–H groups in total. The molecule has 5 nitrogen and oxygen atoms in total. The van der Waals surface area contributed by atoms with Crippen molar-refractivity contribution in [1.82, 2.24) is 5.32 Å². The molecule has 3 rings (SSSR count). The van der Waals surface area contributed by atoms with E-state index in [1.54, 1.807) is 6.07 Å². The molecule has 0 aliphatic heterocycles. The van der Waals surface area contributed by atoms with E-state index in [0.717, 1.165) is 16.3 Å². The maximum atomic E-state index is 12.8. The monoisotopic (exact) mass is 363 g/mol. The summed E-state index contributed by atoms with van der Waals surface area (Å²) in [5.41, 5.74) is -0.110. The highest BCUT2D eigenvalue weighted by Crippen LogP contribution is 2.31. The minimum absolute atomic E-state index is 0.303. The van der Waals surface area contributed by atoms with Crippen LogP contribution in [0, 0.1) is 0 Å². The Bertz CT molecular complexity index is 980. The molecule has 1 amide bonds. The van der Waals surface area contributed by atoms with Crippen LogP contribution in [0.15, 0.2) is 66.7 Å². The number of carbonyl (C=O) groups excluding carboxylic acids is 1. The van der Waals surface area contributed by atoms with Gasteiger partial charge in [0.15, 0.2) is 0 Å². The van der Waals surface area contributed by atoms with Crippen LogP contribution in [0.2, 0.25) is 0 Å². The summed E-state index contributed by atoms with van der Waals surface area (Å²) in [5.74, 6) is -1.16. The summed E-state index contributed by atoms with van der Waals surface area (Å²) in [7, 11) is 0. The summed E-state index contributed by atoms with van der Waals surface area (Å²) in [6.45, 7) is 3.19. The quantitative estimate of drug-likeness (QED) is 0.694. The van der Waals surface area contributed by atoms with Crippen molar-refractivity contribution in [1.29, 1.82) is 0 Å². The lowest BCUT2D eigenvalue weighted by molar-refractivity contribution is -0.143. The van der Waals surface area contributed by atoms with E-state index in [1.807, 2.05) is 60.7 Å². The molecule has 0 aliphatic carbocycles. The molecule has 0 bridgehead atoms. The SMILES string of the molecule is CC(C)(NC(=O)c1ccc2ccccc2c1OCc1ccccc1)C(=O)O. The van der Waals surface area contributed by atoms with Crippen molar-refractivity contribution in [3.05, 3.63) is 77.9 Å². The van der Waals surface area contributed by atoms with Crippen LogP contribution in [0.5, 0.6) is 5.75 Å². The predicted octanol–water partition coefficient (Wildman–Crippen LogP) is 4.01. The van der Waals surface area contributed by atoms with Gasteiger partial charge in [0.2, 0.25) is 0 Å². The average molecular weight is 363 g/mol. The highest BCUT2D eigenvalue weighted by atomic mass is 16.5. The minimum atomic E-state index is -1.39. The van der Waals surface area contributed by atoms with Gasteiger partial charge in [0.05, 0.1) is 5.56 Å². The number of hydrogen-bond acceptors (Lipinski definition) is 3. The minimum Gasteiger partial charge on any atom is -0.487 e. The highest BCUT2D eigenvalue weighted by molar-refractivity contribution is 6.05. The average Bonchev–Trinajstić information content (AvgIpc) is 2.66. The summed E-state index contributed by atoms with van der Waals surface area (Å²) in [6.07, 6.45) is 0. The van der Waals surface area contributed by atoms with Crippen LogP contribution >= 0.6 is 0 Å². The topological polar surface area (TPSA) is 75.6 Å². The van der Waals surface area contributed by atoms with Crippen molar-refractivity contribution in [2.75, 3.05) is 0 Å². The Kier molecular flexibility index (Phi) is 5.12. The summed E-state index contributed by atoms with van der Waals surface area (Å²) < 4.78 is 6.02. The zero-order valence-corrected chi connectivity index (χ0v) is 15.2. The maximum Gasteiger partial charge on any atom is 0.328 e. The fraction of sp³-hybridized carbons (Fsp3) is 0.182. The first-order valence-electron chi connectivity index (χ1n) is 8.63. The van der Waals surface area contributed by atoms with Crippen LogP contribution in [-0.4, -0.2) is 22.5 Å². The van der Waals surface area contributed by atoms with Gasteiger partial charge in [-0.3, -0.25) is 4.79 Å². The molecular weight excluding hydrogens is 342 g/mol. The standard InChI is InChI=1S/C22H21NO4/c1-22(2,21(25)26)23-20(24)18-13-12-16-10-6-7-11-17(16)19(18)27-14-15-8-4-3-5-9-15/h3-13H,14H2,1-2H3,(H,23,24)(H,25,26). The highest BCUT2D eigenvalue weighted by Gasteiger charge is 2.30. The van der Waals surface area contributed by atoms with Crippen LogP contribution in [0.1, 0.15) is 29.8 Å². The second-order valence-corrected chi connectivity index (χ2v) is 6.82. The summed E-state index contributed by atoms with van der Waals surface area (Å²) >= 11 is 0. The third-order valence-electron chi connectivity index (χ3n) is 4.31. The van der Waals surface area contributed by atoms with Gasteiger partial charge >= 0.3 is 5.97 Å². The molecule has 0 atom stereocenters. The third-order valence-corrected chi connectivity index (χ3v) is 4.31. The van der Waals surface area contributed by atoms with Gasteiger partial charge in [0.25, 0.3) is 5.91 Å². The van der Waals surface area contributed by atoms with Crippen molar-refractivity contribution >= 4 is 22.6 Å². The van der Waals surface area contributed by atoms with E-state index in [0.29, 0.717) is 17.9 Å². The summed E-state index contributed by atoms with van der Waals surface area (Å²) in [5, 5.41) is 13.6. The lowest BCUT2D eigenvalue weighted by Gasteiger charge is -2.22. The molecule has 0 aromatic heterocycles. The number of hydrogen-bond donors (Lipinski definition) is 2. The number of carbonyl (C=O) groups is 2. The largest absolute Gasteiger partial charge is 0.487 e. The first kappa shape index (κ1) is 18.5. The van der Waals surface area contributed by atoms with Crippen LogP contribution in [0.4, 0.5) is 0 Å². The molecule has 3 aromatic rings. The Morgan fingerprint density at radius 2 is 1.63 bits per heavy atom. The molecule has 27 heavy (non-hydrogen) atoms. The molecule has 0 spiro atoms. The van der Waals surface area contributed by atoms with Gasteiger partial charge in [-0.25, -0.2) is 4.79 Å². The van der Waals surface area contributed by atoms with E-state index in [1.165, 1.54) is 13.8 Å². The molecule has 0 aliphatic rings. The smallest absolute Gasteiger partial charge is 0.328 e. The van der Waals surface area contributed by atoms with Crippen LogP contribution in [0.25, 0.3) is 10.8 Å². The Hall–Kier alpha value is -3.34.